The maximum Gasteiger partial charge on any atom is 0.338 e. The van der Waals surface area contributed by atoms with Gasteiger partial charge < -0.3 is 5.11 Å². The number of likely N-dealkylation sites (tertiary alicyclic amines) is 1. The molecule has 3 rings (SSSR count). The van der Waals surface area contributed by atoms with Gasteiger partial charge in [0.25, 0.3) is 0 Å². The first kappa shape index (κ1) is 12.0. The lowest BCUT2D eigenvalue weighted by Gasteiger charge is -2.38. The van der Waals surface area contributed by atoms with E-state index >= 15 is 0 Å². The molecule has 0 unspecified atom stereocenters. The molecule has 7 heteroatoms. The number of carboxylic acids is 1. The number of carboxylic acid groups (broad SMARTS) is 1. The van der Waals surface area contributed by atoms with E-state index in [1.165, 1.54) is 12.1 Å². The van der Waals surface area contributed by atoms with Gasteiger partial charge in [-0.05, 0) is 12.6 Å². The Hall–Kier alpha value is -2.02. The summed E-state index contributed by atoms with van der Waals surface area (Å²) in [4.78, 5) is 13.1. The number of hydrogen-bond acceptors (Lipinski definition) is 4. The van der Waals surface area contributed by atoms with E-state index in [0.29, 0.717) is 11.0 Å². The fourth-order valence-corrected chi connectivity index (χ4v) is 2.35. The molecule has 19 heavy (non-hydrogen) atoms. The fourth-order valence-electron chi connectivity index (χ4n) is 2.35. The van der Waals surface area contributed by atoms with Crippen LogP contribution in [0.4, 0.5) is 4.39 Å². The van der Waals surface area contributed by atoms with E-state index in [-0.39, 0.29) is 11.6 Å². The number of carbonyl (C=O) groups is 1. The Morgan fingerprint density at radius 1 is 1.53 bits per heavy atom. The van der Waals surface area contributed by atoms with Crippen LogP contribution in [0.5, 0.6) is 0 Å². The highest BCUT2D eigenvalue weighted by Gasteiger charge is 2.29. The highest BCUT2D eigenvalue weighted by molar-refractivity contribution is 5.92. The van der Waals surface area contributed by atoms with Gasteiger partial charge in [0.2, 0.25) is 0 Å². The molecule has 1 fully saturated rings. The Morgan fingerprint density at radius 2 is 2.26 bits per heavy atom. The van der Waals surface area contributed by atoms with Gasteiger partial charge in [-0.1, -0.05) is 12.1 Å². The molecule has 0 saturated carbocycles. The van der Waals surface area contributed by atoms with E-state index in [9.17, 15) is 9.18 Å². The van der Waals surface area contributed by atoms with Crippen molar-refractivity contribution < 1.29 is 14.3 Å². The molecule has 1 aliphatic heterocycles. The molecular weight excluding hydrogens is 251 g/mol. The zero-order chi connectivity index (χ0) is 13.6. The van der Waals surface area contributed by atoms with Crippen LogP contribution in [0.2, 0.25) is 0 Å². The van der Waals surface area contributed by atoms with Gasteiger partial charge in [-0.3, -0.25) is 4.90 Å². The van der Waals surface area contributed by atoms with Crippen molar-refractivity contribution in [2.75, 3.05) is 19.6 Å². The highest BCUT2D eigenvalue weighted by atomic mass is 19.1. The minimum absolute atomic E-state index is 0.181. The molecule has 0 amide bonds. The molecule has 0 bridgehead atoms. The van der Waals surface area contributed by atoms with Gasteiger partial charge in [-0.25, -0.2) is 13.9 Å². The minimum atomic E-state index is -1.30. The van der Waals surface area contributed by atoms with E-state index in [1.54, 1.807) is 4.68 Å². The minimum Gasteiger partial charge on any atom is -0.478 e. The summed E-state index contributed by atoms with van der Waals surface area (Å²) in [6.45, 7) is 4.77. The number of halogens is 1. The average Bonchev–Trinajstić information content (AvgIpc) is 2.70. The predicted molar refractivity (Wildman–Crippen MR) is 65.6 cm³/mol. The van der Waals surface area contributed by atoms with Crippen molar-refractivity contribution >= 4 is 17.0 Å². The Labute approximate surface area is 108 Å². The first-order valence-electron chi connectivity index (χ1n) is 6.10. The molecular formula is C12H13FN4O2. The van der Waals surface area contributed by atoms with Crippen LogP contribution in [-0.2, 0) is 0 Å². The number of aromatic nitrogens is 3. The van der Waals surface area contributed by atoms with Gasteiger partial charge in [-0.15, -0.1) is 5.10 Å². The third-order valence-electron chi connectivity index (χ3n) is 3.52. The summed E-state index contributed by atoms with van der Waals surface area (Å²) >= 11 is 0. The van der Waals surface area contributed by atoms with Crippen LogP contribution in [0.15, 0.2) is 12.1 Å². The number of fused-ring (bicyclic) bond motifs is 1. The number of likely N-dealkylation sites (N-methyl/N-ethyl adjacent to an activating group) is 1. The van der Waals surface area contributed by atoms with E-state index in [4.69, 9.17) is 5.11 Å². The zero-order valence-corrected chi connectivity index (χ0v) is 10.4. The van der Waals surface area contributed by atoms with E-state index in [1.807, 2.05) is 0 Å². The van der Waals surface area contributed by atoms with E-state index in [2.05, 4.69) is 22.1 Å². The summed E-state index contributed by atoms with van der Waals surface area (Å²) in [6, 6.07) is 2.61. The Morgan fingerprint density at radius 3 is 2.89 bits per heavy atom. The lowest BCUT2D eigenvalue weighted by Crippen LogP contribution is -2.47. The van der Waals surface area contributed by atoms with Gasteiger partial charge in [-0.2, -0.15) is 0 Å². The molecule has 1 N–H and O–H groups in total. The standard InChI is InChI=1S/C12H13FN4O2/c1-2-16-5-7(6-16)17-11-4-9(13)8(12(18)19)3-10(11)14-15-17/h3-4,7H,2,5-6H2,1H3,(H,18,19). The lowest BCUT2D eigenvalue weighted by atomic mass is 10.1. The summed E-state index contributed by atoms with van der Waals surface area (Å²) in [5.41, 5.74) is 0.584. The molecule has 6 nitrogen and oxygen atoms in total. The first-order valence-corrected chi connectivity index (χ1v) is 6.10. The lowest BCUT2D eigenvalue weighted by molar-refractivity contribution is 0.0692. The molecule has 0 radical (unpaired) electrons. The molecule has 1 aliphatic rings. The molecule has 0 spiro atoms. The quantitative estimate of drug-likeness (QED) is 0.900. The zero-order valence-electron chi connectivity index (χ0n) is 10.4. The van der Waals surface area contributed by atoms with Gasteiger partial charge in [0.15, 0.2) is 0 Å². The predicted octanol–water partition coefficient (Wildman–Crippen LogP) is 1.15. The molecule has 2 aromatic rings. The molecule has 2 heterocycles. The van der Waals surface area contributed by atoms with Crippen LogP contribution < -0.4 is 0 Å². The summed E-state index contributed by atoms with van der Waals surface area (Å²) in [6.07, 6.45) is 0. The second kappa shape index (κ2) is 4.27. The first-order chi connectivity index (χ1) is 9.10. The van der Waals surface area contributed by atoms with Crippen LogP contribution >= 0.6 is 0 Å². The van der Waals surface area contributed by atoms with Crippen LogP contribution in [0.3, 0.4) is 0 Å². The molecule has 1 aromatic heterocycles. The molecule has 100 valence electrons. The topological polar surface area (TPSA) is 71.2 Å². The normalized spacial score (nSPS) is 16.7. The summed E-state index contributed by atoms with van der Waals surface area (Å²) in [5.74, 6) is -2.05. The van der Waals surface area contributed by atoms with Crippen molar-refractivity contribution in [2.24, 2.45) is 0 Å². The van der Waals surface area contributed by atoms with Gasteiger partial charge in [0.1, 0.15) is 11.3 Å². The van der Waals surface area contributed by atoms with Crippen LogP contribution in [0.25, 0.3) is 11.0 Å². The number of nitrogens with zero attached hydrogens (tertiary/aromatic N) is 4. The largest absolute Gasteiger partial charge is 0.478 e. The third kappa shape index (κ3) is 1.86. The van der Waals surface area contributed by atoms with Crippen LogP contribution in [0.1, 0.15) is 23.3 Å². The molecule has 1 saturated heterocycles. The smallest absolute Gasteiger partial charge is 0.338 e. The van der Waals surface area contributed by atoms with Crippen LogP contribution in [-0.4, -0.2) is 50.6 Å². The highest BCUT2D eigenvalue weighted by Crippen LogP contribution is 2.25. The number of hydrogen-bond donors (Lipinski definition) is 1. The summed E-state index contributed by atoms with van der Waals surface area (Å²) in [5, 5.41) is 16.8. The third-order valence-corrected chi connectivity index (χ3v) is 3.52. The number of benzene rings is 1. The van der Waals surface area contributed by atoms with Gasteiger partial charge in [0.05, 0.1) is 17.1 Å². The molecule has 1 aromatic carbocycles. The monoisotopic (exact) mass is 264 g/mol. The van der Waals surface area contributed by atoms with Gasteiger partial charge >= 0.3 is 5.97 Å². The maximum atomic E-state index is 13.7. The number of aromatic carboxylic acids is 1. The average molecular weight is 264 g/mol. The maximum absolute atomic E-state index is 13.7. The van der Waals surface area contributed by atoms with Gasteiger partial charge in [0, 0.05) is 19.2 Å². The molecule has 0 aliphatic carbocycles. The SMILES string of the molecule is CCN1CC(n2nnc3cc(C(=O)O)c(F)cc32)C1. The van der Waals surface area contributed by atoms with Crippen molar-refractivity contribution in [3.8, 4) is 0 Å². The van der Waals surface area contributed by atoms with E-state index in [0.717, 1.165) is 19.6 Å². The van der Waals surface area contributed by atoms with Crippen molar-refractivity contribution in [1.29, 1.82) is 0 Å². The van der Waals surface area contributed by atoms with Crippen molar-refractivity contribution in [3.63, 3.8) is 0 Å². The Bertz CT molecular complexity index is 648. The van der Waals surface area contributed by atoms with Crippen molar-refractivity contribution in [1.82, 2.24) is 19.9 Å². The fraction of sp³-hybridized carbons (Fsp3) is 0.417. The Balaban J connectivity index is 2.00. The number of rotatable bonds is 3. The molecule has 0 atom stereocenters. The van der Waals surface area contributed by atoms with Crippen molar-refractivity contribution in [2.45, 2.75) is 13.0 Å². The second-order valence-corrected chi connectivity index (χ2v) is 4.67. The summed E-state index contributed by atoms with van der Waals surface area (Å²) < 4.78 is 15.4. The van der Waals surface area contributed by atoms with Crippen LogP contribution in [0, 0.1) is 5.82 Å². The second-order valence-electron chi connectivity index (χ2n) is 4.67. The van der Waals surface area contributed by atoms with E-state index < -0.39 is 11.8 Å². The van der Waals surface area contributed by atoms with Crippen molar-refractivity contribution in [3.05, 3.63) is 23.5 Å². The Kier molecular flexibility index (Phi) is 2.70. The summed E-state index contributed by atoms with van der Waals surface area (Å²) in [7, 11) is 0.